The van der Waals surface area contributed by atoms with Crippen LogP contribution in [0.5, 0.6) is 0 Å². The van der Waals surface area contributed by atoms with Crippen molar-refractivity contribution in [2.24, 2.45) is 35.5 Å². The van der Waals surface area contributed by atoms with Gasteiger partial charge in [0.05, 0.1) is 54.4 Å². The Morgan fingerprint density at radius 1 is 0.844 bits per heavy atom. The van der Waals surface area contributed by atoms with Crippen LogP contribution in [0, 0.1) is 29.6 Å². The van der Waals surface area contributed by atoms with Gasteiger partial charge in [0.25, 0.3) is 0 Å². The molecule has 0 unspecified atom stereocenters. The highest BCUT2D eigenvalue weighted by molar-refractivity contribution is 7.09. The third-order valence-corrected chi connectivity index (χ3v) is 16.8. The molecule has 1 aliphatic rings. The highest BCUT2D eigenvalue weighted by Gasteiger charge is 2.43. The first-order valence-corrected chi connectivity index (χ1v) is 29.2. The molecule has 1 saturated heterocycles. The van der Waals surface area contributed by atoms with E-state index >= 15 is 0 Å². The molecule has 1 aromatic heterocycles. The summed E-state index contributed by atoms with van der Waals surface area (Å²) in [7, 11) is 6.94. The maximum atomic E-state index is 14.8. The van der Waals surface area contributed by atoms with Gasteiger partial charge in [-0.3, -0.25) is 38.5 Å². The number of ether oxygens (including phenoxy) is 2. The molecule has 0 bridgehead atoms. The normalized spacial score (nSPS) is 17.3. The molecule has 3 rings (SSSR count). The molecular formula is C59H96N6O11S. The zero-order valence-electron chi connectivity index (χ0n) is 48.4. The number of nitrogens with zero attached hydrogens (tertiary/aromatic N) is 4. The number of thiazole rings is 1. The molecule has 3 amide bonds. The number of unbranched alkanes of at least 4 members (excludes halogenated alkanes) is 4. The van der Waals surface area contributed by atoms with Crippen LogP contribution in [-0.4, -0.2) is 150 Å². The molecule has 1 aliphatic heterocycles. The molecule has 4 N–H and O–H groups in total. The predicted molar refractivity (Wildman–Crippen MR) is 301 cm³/mol. The number of Topliss-reactive ketones (excluding diaryl/α,β-unsaturated/α-hetero) is 3. The van der Waals surface area contributed by atoms with Gasteiger partial charge in [-0.05, 0) is 81.9 Å². The fraction of sp³-hybridized carbons (Fsp3) is 0.729. The maximum absolute atomic E-state index is 14.8. The molecule has 17 nitrogen and oxygen atoms in total. The minimum absolute atomic E-state index is 0.00669. The molecule has 0 saturated carbocycles. The Kier molecular flexibility index (Phi) is 30.6. The van der Waals surface area contributed by atoms with Gasteiger partial charge in [0, 0.05) is 89.2 Å². The lowest BCUT2D eigenvalue weighted by Gasteiger charge is -2.41. The average Bonchev–Trinajstić information content (AvgIpc) is 4.12. The van der Waals surface area contributed by atoms with Crippen LogP contribution in [0.25, 0.3) is 0 Å². The van der Waals surface area contributed by atoms with Gasteiger partial charge in [0.15, 0.2) is 11.6 Å². The second-order valence-electron chi connectivity index (χ2n) is 22.2. The monoisotopic (exact) mass is 1100 g/mol. The van der Waals surface area contributed by atoms with Gasteiger partial charge in [0.1, 0.15) is 5.78 Å². The molecule has 1 aromatic carbocycles. The highest BCUT2D eigenvalue weighted by atomic mass is 32.1. The topological polar surface area (TPSA) is 228 Å². The van der Waals surface area contributed by atoms with Gasteiger partial charge < -0.3 is 34.5 Å². The number of likely N-dealkylation sites (N-methyl/N-ethyl adjacent to an activating group) is 2. The van der Waals surface area contributed by atoms with Crippen LogP contribution in [0.1, 0.15) is 168 Å². The number of methoxy groups -OCH3 is 2. The third kappa shape index (κ3) is 21.6. The summed E-state index contributed by atoms with van der Waals surface area (Å²) in [6, 6.07) is 8.10. The van der Waals surface area contributed by atoms with Crippen molar-refractivity contribution in [3.63, 3.8) is 0 Å². The van der Waals surface area contributed by atoms with Crippen LogP contribution in [-0.2, 0) is 54.3 Å². The fourth-order valence-corrected chi connectivity index (χ4v) is 12.1. The van der Waals surface area contributed by atoms with E-state index in [-0.39, 0.29) is 110 Å². The number of carboxylic acids is 1. The molecular weight excluding hydrogens is 1000 g/mol. The van der Waals surface area contributed by atoms with Crippen LogP contribution >= 0.6 is 11.3 Å². The largest absolute Gasteiger partial charge is 0.481 e. The number of nitrogens with one attached hydrogen (secondary N) is 1. The Hall–Kier alpha value is -4.46. The van der Waals surface area contributed by atoms with Crippen molar-refractivity contribution in [1.82, 2.24) is 25.0 Å². The molecule has 18 heteroatoms. The lowest BCUT2D eigenvalue weighted by molar-refractivity contribution is -0.149. The SMILES string of the molecule is CC[C@H](C)[C@@H]([C@@H](CC(=O)N1CCC[C@H]1[C@H](OC)[C@@H](C)C(=O)C[C@@H](Cc1ccccc1)c1nccs1)OC)N(C)C(=O)[C@@H](CC(=O)[C@H](C(C)C)N(C)CCCCCCCC(=O)[C@H](CCC(=O)O)NC(=O)CCCON)C(C)C. The number of hydrogen-bond donors (Lipinski definition) is 3. The van der Waals surface area contributed by atoms with E-state index in [0.29, 0.717) is 45.2 Å². The van der Waals surface area contributed by atoms with Crippen molar-refractivity contribution >= 4 is 52.4 Å². The summed E-state index contributed by atoms with van der Waals surface area (Å²) in [5.74, 6) is 1.93. The van der Waals surface area contributed by atoms with Crippen molar-refractivity contribution < 1.29 is 53.0 Å². The number of likely N-dealkylation sites (tertiary alicyclic amines) is 1. The van der Waals surface area contributed by atoms with E-state index in [0.717, 1.165) is 49.1 Å². The zero-order valence-corrected chi connectivity index (χ0v) is 49.2. The number of amides is 3. The van der Waals surface area contributed by atoms with Crippen LogP contribution in [0.3, 0.4) is 0 Å². The number of nitrogens with two attached hydrogens (primary N) is 1. The Morgan fingerprint density at radius 3 is 2.13 bits per heavy atom. The Bertz CT molecular complexity index is 2090. The van der Waals surface area contributed by atoms with Gasteiger partial charge >= 0.3 is 5.97 Å². The Morgan fingerprint density at radius 2 is 1.53 bits per heavy atom. The molecule has 77 heavy (non-hydrogen) atoms. The maximum Gasteiger partial charge on any atom is 0.303 e. The number of rotatable bonds is 40. The van der Waals surface area contributed by atoms with Crippen LogP contribution in [0.2, 0.25) is 0 Å². The highest BCUT2D eigenvalue weighted by Crippen LogP contribution is 2.34. The smallest absolute Gasteiger partial charge is 0.303 e. The minimum Gasteiger partial charge on any atom is -0.481 e. The number of benzene rings is 1. The van der Waals surface area contributed by atoms with Crippen molar-refractivity contribution in [3.8, 4) is 0 Å². The van der Waals surface area contributed by atoms with E-state index in [2.05, 4.69) is 46.0 Å². The number of aromatic nitrogens is 1. The van der Waals surface area contributed by atoms with E-state index in [9.17, 15) is 38.7 Å². The Labute approximate surface area is 464 Å². The number of carboxylic acid groups (broad SMARTS) is 1. The quantitative estimate of drug-likeness (QED) is 0.0420. The summed E-state index contributed by atoms with van der Waals surface area (Å²) >= 11 is 1.56. The number of hydrogen-bond acceptors (Lipinski definition) is 14. The van der Waals surface area contributed by atoms with Crippen LogP contribution in [0.15, 0.2) is 41.9 Å². The molecule has 0 radical (unpaired) electrons. The molecule has 2 aromatic rings. The van der Waals surface area contributed by atoms with Gasteiger partial charge in [-0.25, -0.2) is 10.9 Å². The van der Waals surface area contributed by atoms with E-state index < -0.39 is 48.1 Å². The van der Waals surface area contributed by atoms with Crippen molar-refractivity contribution in [1.29, 1.82) is 0 Å². The standard InChI is InChI=1S/C59H96N6O11S/c1-12-41(6)56(51(74-10)38-53(70)65-32-21-25-47(65)57(75-11)42(7)49(67)36-44(58-61-30-34-77-58)35-43-23-17-16-18-24-43)64(9)59(73)45(39(2)3)37-50(68)55(40(4)5)63(8)31-20-15-13-14-19-26-48(66)46(28-29-54(71)72)62-52(69)27-22-33-76-60/h16-18,23-24,30,34,39-42,44-47,51,55-57H,12-15,19-22,25-29,31-33,35-38,60H2,1-11H3,(H,62,69)(H,71,72)/t41-,42-,44+,45-,46-,47-,51+,55-,56-,57+/m0/s1. The van der Waals surface area contributed by atoms with Crippen molar-refractivity contribution in [3.05, 3.63) is 52.5 Å². The van der Waals surface area contributed by atoms with Gasteiger partial charge in [0.2, 0.25) is 17.7 Å². The summed E-state index contributed by atoms with van der Waals surface area (Å²) in [6.07, 6.45) is 8.46. The van der Waals surface area contributed by atoms with E-state index in [1.807, 2.05) is 70.1 Å². The molecule has 0 spiro atoms. The lowest BCUT2D eigenvalue weighted by atomic mass is 9.83. The van der Waals surface area contributed by atoms with E-state index in [4.69, 9.17) is 15.4 Å². The number of aliphatic carboxylic acids is 1. The summed E-state index contributed by atoms with van der Waals surface area (Å²) in [4.78, 5) is 109. The number of carbonyl (C=O) groups is 7. The van der Waals surface area contributed by atoms with Crippen LogP contribution in [0.4, 0.5) is 0 Å². The molecule has 434 valence electrons. The van der Waals surface area contributed by atoms with Gasteiger partial charge in [-0.1, -0.05) is 104 Å². The van der Waals surface area contributed by atoms with E-state index in [1.165, 1.54) is 0 Å². The fourth-order valence-electron chi connectivity index (χ4n) is 11.4. The molecule has 2 heterocycles. The van der Waals surface area contributed by atoms with Crippen molar-refractivity contribution in [2.45, 2.75) is 200 Å². The van der Waals surface area contributed by atoms with Crippen molar-refractivity contribution in [2.75, 3.05) is 48.0 Å². The zero-order chi connectivity index (χ0) is 57.2. The van der Waals surface area contributed by atoms with Gasteiger partial charge in [-0.15, -0.1) is 11.3 Å². The molecule has 10 atom stereocenters. The van der Waals surface area contributed by atoms with E-state index in [1.54, 1.807) is 43.7 Å². The summed E-state index contributed by atoms with van der Waals surface area (Å²) in [5.41, 5.74) is 1.14. The predicted octanol–water partition coefficient (Wildman–Crippen LogP) is 8.47. The Balaban J connectivity index is 1.63. The molecule has 1 fully saturated rings. The first-order valence-electron chi connectivity index (χ1n) is 28.4. The second-order valence-corrected chi connectivity index (χ2v) is 23.1. The summed E-state index contributed by atoms with van der Waals surface area (Å²) in [6.45, 7) is 15.4. The number of ketones is 3. The third-order valence-electron chi connectivity index (χ3n) is 15.9. The number of carbonyl (C=O) groups excluding carboxylic acids is 6. The first kappa shape index (κ1) is 66.8. The first-order chi connectivity index (χ1) is 36.7. The summed E-state index contributed by atoms with van der Waals surface area (Å²) in [5, 5.41) is 14.7. The second kappa shape index (κ2) is 35.2. The van der Waals surface area contributed by atoms with Crippen LogP contribution < -0.4 is 11.2 Å². The lowest BCUT2D eigenvalue weighted by Crippen LogP contribution is -2.54. The molecule has 0 aliphatic carbocycles. The minimum atomic E-state index is -1.03. The average molecular weight is 1100 g/mol. The summed E-state index contributed by atoms with van der Waals surface area (Å²) < 4.78 is 12.3. The van der Waals surface area contributed by atoms with Gasteiger partial charge in [-0.2, -0.15) is 0 Å².